The quantitative estimate of drug-likeness (QED) is 0.558. The van der Waals surface area contributed by atoms with Crippen molar-refractivity contribution < 1.29 is 4.74 Å². The average Bonchev–Trinajstić information content (AvgIpc) is 1.59. The van der Waals surface area contributed by atoms with Crippen LogP contribution in [0, 0.1) is 5.41 Å². The number of hydrogen-bond donors (Lipinski definition) is 0. The average molecular weight is 130 g/mol. The molecule has 0 heterocycles. The Labute approximate surface area is 58.4 Å². The van der Waals surface area contributed by atoms with E-state index in [4.69, 9.17) is 4.74 Å². The van der Waals surface area contributed by atoms with Crippen LogP contribution in [0.15, 0.2) is 0 Å². The van der Waals surface area contributed by atoms with Gasteiger partial charge in [0.1, 0.15) is 0 Å². The van der Waals surface area contributed by atoms with E-state index in [0.29, 0.717) is 11.5 Å². The zero-order valence-corrected chi connectivity index (χ0v) is 7.19. The molecule has 1 heteroatoms. The highest BCUT2D eigenvalue weighted by Gasteiger charge is 2.10. The second-order valence-electron chi connectivity index (χ2n) is 3.92. The largest absolute Gasteiger partial charge is 0.378 e. The van der Waals surface area contributed by atoms with Gasteiger partial charge in [-0.25, -0.2) is 0 Å². The topological polar surface area (TPSA) is 9.23 Å². The summed E-state index contributed by atoms with van der Waals surface area (Å²) in [5.41, 5.74) is 0.310. The van der Waals surface area contributed by atoms with Crippen molar-refractivity contribution in [2.75, 3.05) is 6.61 Å². The summed E-state index contributed by atoms with van der Waals surface area (Å²) in [5, 5.41) is 0. The minimum Gasteiger partial charge on any atom is -0.378 e. The van der Waals surface area contributed by atoms with Crippen molar-refractivity contribution in [2.24, 2.45) is 5.41 Å². The van der Waals surface area contributed by atoms with Gasteiger partial charge in [-0.2, -0.15) is 0 Å². The van der Waals surface area contributed by atoms with Crippen LogP contribution in [0.4, 0.5) is 0 Å². The van der Waals surface area contributed by atoms with E-state index in [-0.39, 0.29) is 0 Å². The second-order valence-corrected chi connectivity index (χ2v) is 3.92. The fraction of sp³-hybridized carbons (Fsp3) is 1.00. The Bertz CT molecular complexity index is 69.1. The molecule has 0 atom stereocenters. The molecule has 0 aliphatic carbocycles. The SMILES string of the molecule is CC(C)OCC(C)(C)C. The zero-order valence-electron chi connectivity index (χ0n) is 7.19. The van der Waals surface area contributed by atoms with Crippen molar-refractivity contribution in [3.8, 4) is 0 Å². The van der Waals surface area contributed by atoms with Crippen LogP contribution in [0.25, 0.3) is 0 Å². The molecule has 0 N–H and O–H groups in total. The van der Waals surface area contributed by atoms with Crippen LogP contribution in [0.2, 0.25) is 0 Å². The Morgan fingerprint density at radius 3 is 1.78 bits per heavy atom. The second kappa shape index (κ2) is 3.21. The van der Waals surface area contributed by atoms with Gasteiger partial charge in [0.25, 0.3) is 0 Å². The van der Waals surface area contributed by atoms with Gasteiger partial charge >= 0.3 is 0 Å². The minimum atomic E-state index is 0.310. The lowest BCUT2D eigenvalue weighted by Gasteiger charge is -2.19. The minimum absolute atomic E-state index is 0.310. The van der Waals surface area contributed by atoms with Crippen LogP contribution in [0.1, 0.15) is 34.6 Å². The first-order chi connectivity index (χ1) is 3.92. The van der Waals surface area contributed by atoms with E-state index in [1.54, 1.807) is 0 Å². The highest BCUT2D eigenvalue weighted by Crippen LogP contribution is 2.13. The molecule has 0 unspecified atom stereocenters. The van der Waals surface area contributed by atoms with Crippen molar-refractivity contribution >= 4 is 0 Å². The standard InChI is InChI=1S/C8H18O/c1-7(2)9-6-8(3,4)5/h7H,6H2,1-5H3. The van der Waals surface area contributed by atoms with Gasteiger partial charge in [-0.1, -0.05) is 20.8 Å². The predicted octanol–water partition coefficient (Wildman–Crippen LogP) is 2.46. The van der Waals surface area contributed by atoms with Crippen LogP contribution < -0.4 is 0 Å². The van der Waals surface area contributed by atoms with Gasteiger partial charge in [0.05, 0.1) is 12.7 Å². The molecule has 0 aromatic heterocycles. The maximum Gasteiger partial charge on any atom is 0.0519 e. The first kappa shape index (κ1) is 8.96. The van der Waals surface area contributed by atoms with E-state index < -0.39 is 0 Å². The lowest BCUT2D eigenvalue weighted by atomic mass is 9.99. The molecular formula is C8H18O. The maximum atomic E-state index is 5.41. The van der Waals surface area contributed by atoms with E-state index in [0.717, 1.165) is 6.61 Å². The Kier molecular flexibility index (Phi) is 3.20. The molecular weight excluding hydrogens is 112 g/mol. The summed E-state index contributed by atoms with van der Waals surface area (Å²) in [6, 6.07) is 0. The van der Waals surface area contributed by atoms with Crippen LogP contribution in [0.5, 0.6) is 0 Å². The van der Waals surface area contributed by atoms with Crippen molar-refractivity contribution in [1.29, 1.82) is 0 Å². The summed E-state index contributed by atoms with van der Waals surface area (Å²) in [6.45, 7) is 11.5. The van der Waals surface area contributed by atoms with Gasteiger partial charge in [-0.3, -0.25) is 0 Å². The Balaban J connectivity index is 3.28. The third-order valence-corrected chi connectivity index (χ3v) is 0.850. The normalized spacial score (nSPS) is 12.7. The van der Waals surface area contributed by atoms with Gasteiger partial charge in [0, 0.05) is 0 Å². The summed E-state index contributed by atoms with van der Waals surface area (Å²) in [6.07, 6.45) is 0.365. The smallest absolute Gasteiger partial charge is 0.0519 e. The Hall–Kier alpha value is -0.0400. The molecule has 56 valence electrons. The molecule has 1 nitrogen and oxygen atoms in total. The summed E-state index contributed by atoms with van der Waals surface area (Å²) >= 11 is 0. The molecule has 0 radical (unpaired) electrons. The molecule has 0 rings (SSSR count). The molecule has 0 fully saturated rings. The van der Waals surface area contributed by atoms with E-state index in [9.17, 15) is 0 Å². The predicted molar refractivity (Wildman–Crippen MR) is 40.5 cm³/mol. The molecule has 0 bridgehead atoms. The van der Waals surface area contributed by atoms with Crippen molar-refractivity contribution in [2.45, 2.75) is 40.7 Å². The molecule has 0 amide bonds. The van der Waals surface area contributed by atoms with Gasteiger partial charge in [0.2, 0.25) is 0 Å². The van der Waals surface area contributed by atoms with Crippen molar-refractivity contribution in [3.63, 3.8) is 0 Å². The van der Waals surface area contributed by atoms with Crippen LogP contribution in [0.3, 0.4) is 0 Å². The van der Waals surface area contributed by atoms with Crippen molar-refractivity contribution in [1.82, 2.24) is 0 Å². The number of ether oxygens (including phenoxy) is 1. The maximum absolute atomic E-state index is 5.41. The highest BCUT2D eigenvalue weighted by molar-refractivity contribution is 4.59. The summed E-state index contributed by atoms with van der Waals surface area (Å²) in [7, 11) is 0. The molecule has 0 aromatic carbocycles. The molecule has 0 aromatic rings. The monoisotopic (exact) mass is 130 g/mol. The van der Waals surface area contributed by atoms with Gasteiger partial charge < -0.3 is 4.74 Å². The van der Waals surface area contributed by atoms with E-state index in [2.05, 4.69) is 34.6 Å². The third kappa shape index (κ3) is 7.96. The lowest BCUT2D eigenvalue weighted by molar-refractivity contribution is 0.0285. The van der Waals surface area contributed by atoms with Gasteiger partial charge in [0.15, 0.2) is 0 Å². The molecule has 9 heavy (non-hydrogen) atoms. The molecule has 0 saturated carbocycles. The fourth-order valence-electron chi connectivity index (χ4n) is 0.417. The van der Waals surface area contributed by atoms with E-state index >= 15 is 0 Å². The lowest BCUT2D eigenvalue weighted by Crippen LogP contribution is -2.17. The fourth-order valence-corrected chi connectivity index (χ4v) is 0.417. The summed E-state index contributed by atoms with van der Waals surface area (Å²) in [4.78, 5) is 0. The number of rotatable bonds is 2. The Morgan fingerprint density at radius 1 is 1.22 bits per heavy atom. The van der Waals surface area contributed by atoms with Crippen LogP contribution in [-0.4, -0.2) is 12.7 Å². The highest BCUT2D eigenvalue weighted by atomic mass is 16.5. The van der Waals surface area contributed by atoms with E-state index in [1.807, 2.05) is 0 Å². The molecule has 0 aliphatic heterocycles. The molecule has 0 spiro atoms. The molecule has 0 aliphatic rings. The summed E-state index contributed by atoms with van der Waals surface area (Å²) < 4.78 is 5.41. The van der Waals surface area contributed by atoms with Crippen LogP contribution >= 0.6 is 0 Å². The third-order valence-electron chi connectivity index (χ3n) is 0.850. The first-order valence-electron chi connectivity index (χ1n) is 3.53. The van der Waals surface area contributed by atoms with Gasteiger partial charge in [-0.05, 0) is 19.3 Å². The number of hydrogen-bond acceptors (Lipinski definition) is 1. The van der Waals surface area contributed by atoms with Crippen molar-refractivity contribution in [3.05, 3.63) is 0 Å². The van der Waals surface area contributed by atoms with E-state index in [1.165, 1.54) is 0 Å². The van der Waals surface area contributed by atoms with Crippen LogP contribution in [-0.2, 0) is 4.74 Å². The zero-order chi connectivity index (χ0) is 7.49. The first-order valence-corrected chi connectivity index (χ1v) is 3.53. The Morgan fingerprint density at radius 2 is 1.67 bits per heavy atom. The molecule has 0 saturated heterocycles. The summed E-state index contributed by atoms with van der Waals surface area (Å²) in [5.74, 6) is 0. The van der Waals surface area contributed by atoms with Gasteiger partial charge in [-0.15, -0.1) is 0 Å².